The quantitative estimate of drug-likeness (QED) is 0.875. The molecule has 2 aromatic heterocycles. The van der Waals surface area contributed by atoms with E-state index >= 15 is 0 Å². The van der Waals surface area contributed by atoms with Gasteiger partial charge in [0, 0.05) is 43.5 Å². The van der Waals surface area contributed by atoms with E-state index in [0.29, 0.717) is 5.56 Å². The Morgan fingerprint density at radius 2 is 1.74 bits per heavy atom. The largest absolute Gasteiger partial charge is 0.489 e. The Morgan fingerprint density at radius 3 is 2.35 bits per heavy atom. The summed E-state index contributed by atoms with van der Waals surface area (Å²) >= 11 is 0. The van der Waals surface area contributed by atoms with E-state index in [1.165, 1.54) is 0 Å². The second-order valence-electron chi connectivity index (χ2n) is 6.24. The summed E-state index contributed by atoms with van der Waals surface area (Å²) in [5.41, 5.74) is 0.677. The minimum absolute atomic E-state index is 0.102. The SMILES string of the molecule is O=C(c1cccnc1)N1C2CCC1CC(Oc1cccnc1)C2. The lowest BCUT2D eigenvalue weighted by Crippen LogP contribution is -2.49. The van der Waals surface area contributed by atoms with Gasteiger partial charge in [-0.05, 0) is 37.1 Å². The number of carbonyl (C=O) groups excluding carboxylic acids is 1. The smallest absolute Gasteiger partial charge is 0.255 e. The van der Waals surface area contributed by atoms with Gasteiger partial charge in [-0.2, -0.15) is 0 Å². The molecule has 2 fully saturated rings. The number of aromatic nitrogens is 2. The molecule has 4 rings (SSSR count). The van der Waals surface area contributed by atoms with Crippen LogP contribution in [-0.2, 0) is 0 Å². The molecule has 2 atom stereocenters. The maximum Gasteiger partial charge on any atom is 0.255 e. The van der Waals surface area contributed by atoms with Crippen molar-refractivity contribution in [2.75, 3.05) is 0 Å². The Balaban J connectivity index is 1.47. The normalized spacial score (nSPS) is 26.1. The van der Waals surface area contributed by atoms with Crippen molar-refractivity contribution in [1.82, 2.24) is 14.9 Å². The molecule has 2 aromatic rings. The monoisotopic (exact) mass is 309 g/mol. The zero-order valence-corrected chi connectivity index (χ0v) is 12.8. The molecule has 5 nitrogen and oxygen atoms in total. The lowest BCUT2D eigenvalue weighted by atomic mass is 9.98. The molecule has 2 bridgehead atoms. The van der Waals surface area contributed by atoms with Gasteiger partial charge >= 0.3 is 0 Å². The van der Waals surface area contributed by atoms with E-state index in [9.17, 15) is 4.79 Å². The molecule has 0 radical (unpaired) electrons. The first-order chi connectivity index (χ1) is 11.3. The molecule has 23 heavy (non-hydrogen) atoms. The number of fused-ring (bicyclic) bond motifs is 2. The molecule has 1 amide bonds. The number of carbonyl (C=O) groups is 1. The third kappa shape index (κ3) is 2.79. The van der Waals surface area contributed by atoms with Crippen LogP contribution in [0, 0.1) is 0 Å². The lowest BCUT2D eigenvalue weighted by molar-refractivity contribution is 0.0357. The van der Waals surface area contributed by atoms with Gasteiger partial charge in [0.05, 0.1) is 11.8 Å². The summed E-state index contributed by atoms with van der Waals surface area (Å²) in [6, 6.07) is 8.00. The standard InChI is InChI=1S/C18H19N3O2/c22-18(13-3-1-7-19-11-13)21-14-5-6-15(21)10-17(9-14)23-16-4-2-8-20-12-16/h1-4,7-8,11-12,14-15,17H,5-6,9-10H2. The number of hydrogen-bond donors (Lipinski definition) is 0. The molecule has 118 valence electrons. The van der Waals surface area contributed by atoms with Crippen LogP contribution in [0.1, 0.15) is 36.0 Å². The second-order valence-corrected chi connectivity index (χ2v) is 6.24. The van der Waals surface area contributed by atoms with Gasteiger partial charge in [-0.3, -0.25) is 14.8 Å². The van der Waals surface area contributed by atoms with Crippen LogP contribution in [0.3, 0.4) is 0 Å². The van der Waals surface area contributed by atoms with Gasteiger partial charge in [0.15, 0.2) is 0 Å². The molecule has 2 unspecified atom stereocenters. The van der Waals surface area contributed by atoms with Gasteiger partial charge in [-0.25, -0.2) is 0 Å². The van der Waals surface area contributed by atoms with Gasteiger partial charge in [-0.1, -0.05) is 0 Å². The van der Waals surface area contributed by atoms with Crippen molar-refractivity contribution in [3.05, 3.63) is 54.6 Å². The van der Waals surface area contributed by atoms with Crippen molar-refractivity contribution < 1.29 is 9.53 Å². The fourth-order valence-corrected chi connectivity index (χ4v) is 3.80. The number of nitrogens with zero attached hydrogens (tertiary/aromatic N) is 3. The number of amides is 1. The maximum atomic E-state index is 12.8. The highest BCUT2D eigenvalue weighted by Crippen LogP contribution is 2.38. The van der Waals surface area contributed by atoms with E-state index < -0.39 is 0 Å². The Labute approximate surface area is 135 Å². The fraction of sp³-hybridized carbons (Fsp3) is 0.389. The van der Waals surface area contributed by atoms with E-state index in [1.54, 1.807) is 24.8 Å². The first-order valence-corrected chi connectivity index (χ1v) is 8.10. The highest BCUT2D eigenvalue weighted by atomic mass is 16.5. The van der Waals surface area contributed by atoms with Crippen LogP contribution in [0.25, 0.3) is 0 Å². The molecule has 2 saturated heterocycles. The van der Waals surface area contributed by atoms with Crippen molar-refractivity contribution >= 4 is 5.91 Å². The zero-order valence-electron chi connectivity index (χ0n) is 12.8. The van der Waals surface area contributed by atoms with Crippen molar-refractivity contribution in [3.63, 3.8) is 0 Å². The molecule has 0 spiro atoms. The minimum Gasteiger partial charge on any atom is -0.489 e. The van der Waals surface area contributed by atoms with Crippen LogP contribution in [0.5, 0.6) is 5.75 Å². The summed E-state index contributed by atoms with van der Waals surface area (Å²) in [7, 11) is 0. The predicted molar refractivity (Wildman–Crippen MR) is 85.1 cm³/mol. The van der Waals surface area contributed by atoms with E-state index in [4.69, 9.17) is 4.74 Å². The van der Waals surface area contributed by atoms with Gasteiger partial charge < -0.3 is 9.64 Å². The van der Waals surface area contributed by atoms with Crippen molar-refractivity contribution in [1.29, 1.82) is 0 Å². The van der Waals surface area contributed by atoms with Crippen LogP contribution >= 0.6 is 0 Å². The van der Waals surface area contributed by atoms with Gasteiger partial charge in [0.1, 0.15) is 11.9 Å². The van der Waals surface area contributed by atoms with Crippen molar-refractivity contribution in [2.24, 2.45) is 0 Å². The van der Waals surface area contributed by atoms with Crippen LogP contribution in [-0.4, -0.2) is 39.0 Å². The average Bonchev–Trinajstić information content (AvgIpc) is 2.87. The molecule has 0 N–H and O–H groups in total. The summed E-state index contributed by atoms with van der Waals surface area (Å²) in [6.07, 6.45) is 10.9. The van der Waals surface area contributed by atoms with Crippen LogP contribution in [0.4, 0.5) is 0 Å². The van der Waals surface area contributed by atoms with E-state index in [-0.39, 0.29) is 24.1 Å². The van der Waals surface area contributed by atoms with E-state index in [2.05, 4.69) is 14.9 Å². The van der Waals surface area contributed by atoms with Crippen LogP contribution in [0.2, 0.25) is 0 Å². The first-order valence-electron chi connectivity index (χ1n) is 8.10. The summed E-state index contributed by atoms with van der Waals surface area (Å²) in [5, 5.41) is 0. The Hall–Kier alpha value is -2.43. The number of pyridine rings is 2. The van der Waals surface area contributed by atoms with E-state index in [1.807, 2.05) is 24.3 Å². The summed E-state index contributed by atoms with van der Waals surface area (Å²) in [4.78, 5) is 23.0. The Bertz CT molecular complexity index is 663. The molecule has 0 saturated carbocycles. The molecule has 4 heterocycles. The minimum atomic E-state index is 0.102. The summed E-state index contributed by atoms with van der Waals surface area (Å²) in [5.74, 6) is 0.911. The van der Waals surface area contributed by atoms with Gasteiger partial charge in [0.2, 0.25) is 0 Å². The molecule has 0 aliphatic carbocycles. The second kappa shape index (κ2) is 5.99. The fourth-order valence-electron chi connectivity index (χ4n) is 3.80. The summed E-state index contributed by atoms with van der Waals surface area (Å²) < 4.78 is 6.06. The van der Waals surface area contributed by atoms with Gasteiger partial charge in [0.25, 0.3) is 5.91 Å². The van der Waals surface area contributed by atoms with Crippen molar-refractivity contribution in [2.45, 2.75) is 43.9 Å². The molecule has 2 aliphatic heterocycles. The number of piperidine rings is 1. The highest BCUT2D eigenvalue weighted by Gasteiger charge is 2.44. The van der Waals surface area contributed by atoms with Crippen LogP contribution in [0.15, 0.2) is 49.1 Å². The average molecular weight is 309 g/mol. The Morgan fingerprint density at radius 1 is 1.04 bits per heavy atom. The number of ether oxygens (including phenoxy) is 1. The third-order valence-corrected chi connectivity index (χ3v) is 4.77. The molecule has 0 aromatic carbocycles. The molecule has 2 aliphatic rings. The molecule has 5 heteroatoms. The Kier molecular flexibility index (Phi) is 3.69. The molecular weight excluding hydrogens is 290 g/mol. The topological polar surface area (TPSA) is 55.3 Å². The van der Waals surface area contributed by atoms with Gasteiger partial charge in [-0.15, -0.1) is 0 Å². The van der Waals surface area contributed by atoms with E-state index in [0.717, 1.165) is 31.4 Å². The first kappa shape index (κ1) is 14.2. The van der Waals surface area contributed by atoms with Crippen molar-refractivity contribution in [3.8, 4) is 5.75 Å². The third-order valence-electron chi connectivity index (χ3n) is 4.77. The highest BCUT2D eigenvalue weighted by molar-refractivity contribution is 5.94. The lowest BCUT2D eigenvalue weighted by Gasteiger charge is -2.38. The number of rotatable bonds is 3. The zero-order chi connectivity index (χ0) is 15.6. The maximum absolute atomic E-state index is 12.8. The van der Waals surface area contributed by atoms with Crippen LogP contribution < -0.4 is 4.74 Å². The number of hydrogen-bond acceptors (Lipinski definition) is 4. The summed E-state index contributed by atoms with van der Waals surface area (Å²) in [6.45, 7) is 0. The molecular formula is C18H19N3O2. The predicted octanol–water partition coefficient (Wildman–Crippen LogP) is 2.69.